The zero-order chi connectivity index (χ0) is 12.1. The average Bonchev–Trinajstić information content (AvgIpc) is 2.27. The number of hydrogen-bond donors (Lipinski definition) is 3. The summed E-state index contributed by atoms with van der Waals surface area (Å²) in [5.41, 5.74) is 7.31. The number of ether oxygens (including phenoxy) is 1. The summed E-state index contributed by atoms with van der Waals surface area (Å²) in [6, 6.07) is 0.0919. The van der Waals surface area contributed by atoms with Crippen molar-refractivity contribution in [3.8, 4) is 6.01 Å². The maximum absolute atomic E-state index is 10.7. The predicted octanol–water partition coefficient (Wildman–Crippen LogP) is -1.91. The van der Waals surface area contributed by atoms with E-state index in [1.165, 1.54) is 12.0 Å². The second-order valence-corrected chi connectivity index (χ2v) is 2.91. The molecule has 0 bridgehead atoms. The van der Waals surface area contributed by atoms with E-state index in [0.717, 1.165) is 0 Å². The van der Waals surface area contributed by atoms with Crippen LogP contribution in [0.15, 0.2) is 0 Å². The zero-order valence-electron chi connectivity index (χ0n) is 8.97. The second kappa shape index (κ2) is 5.07. The minimum Gasteiger partial charge on any atom is -0.467 e. The number of primary amides is 1. The summed E-state index contributed by atoms with van der Waals surface area (Å²) < 4.78 is 4.85. The van der Waals surface area contributed by atoms with Crippen LogP contribution in [0.5, 0.6) is 6.01 Å². The van der Waals surface area contributed by atoms with Crippen LogP contribution in [0, 0.1) is 0 Å². The Bertz CT molecular complexity index is 361. The molecule has 0 radical (unpaired) electrons. The van der Waals surface area contributed by atoms with Crippen LogP contribution in [-0.4, -0.2) is 41.6 Å². The first-order chi connectivity index (χ1) is 7.56. The van der Waals surface area contributed by atoms with Crippen LogP contribution in [0.2, 0.25) is 0 Å². The van der Waals surface area contributed by atoms with Crippen molar-refractivity contribution < 1.29 is 9.53 Å². The van der Waals surface area contributed by atoms with Gasteiger partial charge in [-0.15, -0.1) is 0 Å². The molecule has 1 aromatic rings. The Morgan fingerprint density at radius 2 is 2.19 bits per heavy atom. The quantitative estimate of drug-likeness (QED) is 0.392. The lowest BCUT2D eigenvalue weighted by Crippen LogP contribution is -2.32. The maximum atomic E-state index is 10.7. The summed E-state index contributed by atoms with van der Waals surface area (Å²) in [6.07, 6.45) is 0. The number of nitrogens with zero attached hydrogens (tertiary/aromatic N) is 4. The Hall–Kier alpha value is -2.16. The van der Waals surface area contributed by atoms with Crippen molar-refractivity contribution in [1.29, 1.82) is 0 Å². The van der Waals surface area contributed by atoms with Crippen LogP contribution < -0.4 is 26.6 Å². The highest BCUT2D eigenvalue weighted by Gasteiger charge is 2.11. The second-order valence-electron chi connectivity index (χ2n) is 2.91. The highest BCUT2D eigenvalue weighted by Crippen LogP contribution is 2.12. The van der Waals surface area contributed by atoms with E-state index in [-0.39, 0.29) is 24.5 Å². The van der Waals surface area contributed by atoms with Gasteiger partial charge in [-0.05, 0) is 0 Å². The third-order valence-corrected chi connectivity index (χ3v) is 1.65. The SMILES string of the molecule is COc1nc(NN)nc(N(C)CC(N)=O)n1. The van der Waals surface area contributed by atoms with E-state index < -0.39 is 5.91 Å². The summed E-state index contributed by atoms with van der Waals surface area (Å²) in [5.74, 6) is 5.05. The number of hydrazine groups is 1. The molecular formula is C7H13N7O2. The molecule has 1 aromatic heterocycles. The largest absolute Gasteiger partial charge is 0.467 e. The topological polar surface area (TPSA) is 132 Å². The first kappa shape index (κ1) is 11.9. The van der Waals surface area contributed by atoms with Gasteiger partial charge >= 0.3 is 6.01 Å². The van der Waals surface area contributed by atoms with E-state index in [0.29, 0.717) is 0 Å². The molecule has 0 aromatic carbocycles. The first-order valence-corrected chi connectivity index (χ1v) is 4.33. The molecule has 16 heavy (non-hydrogen) atoms. The number of methoxy groups -OCH3 is 1. The fourth-order valence-corrected chi connectivity index (χ4v) is 0.977. The van der Waals surface area contributed by atoms with Gasteiger partial charge in [-0.1, -0.05) is 0 Å². The molecular weight excluding hydrogens is 214 g/mol. The summed E-state index contributed by atoms with van der Waals surface area (Å²) in [5, 5.41) is 0. The van der Waals surface area contributed by atoms with Crippen molar-refractivity contribution in [2.45, 2.75) is 0 Å². The summed E-state index contributed by atoms with van der Waals surface area (Å²) in [6.45, 7) is -0.0167. The molecule has 1 rings (SSSR count). The first-order valence-electron chi connectivity index (χ1n) is 4.33. The number of nitrogen functional groups attached to an aromatic ring is 1. The molecule has 0 unspecified atom stereocenters. The van der Waals surface area contributed by atoms with E-state index in [4.69, 9.17) is 16.3 Å². The lowest BCUT2D eigenvalue weighted by Gasteiger charge is -2.15. The molecule has 0 saturated heterocycles. The van der Waals surface area contributed by atoms with Gasteiger partial charge in [0.25, 0.3) is 0 Å². The molecule has 88 valence electrons. The van der Waals surface area contributed by atoms with Crippen LogP contribution in [0.1, 0.15) is 0 Å². The maximum Gasteiger partial charge on any atom is 0.322 e. The zero-order valence-corrected chi connectivity index (χ0v) is 8.97. The normalized spacial score (nSPS) is 9.69. The number of aromatic nitrogens is 3. The van der Waals surface area contributed by atoms with Gasteiger partial charge in [0.1, 0.15) is 0 Å². The summed E-state index contributed by atoms with van der Waals surface area (Å²) in [7, 11) is 3.02. The Morgan fingerprint density at radius 1 is 1.50 bits per heavy atom. The lowest BCUT2D eigenvalue weighted by molar-refractivity contribution is -0.116. The van der Waals surface area contributed by atoms with Crippen LogP contribution in [-0.2, 0) is 4.79 Å². The Balaban J connectivity index is 2.97. The van der Waals surface area contributed by atoms with Crippen molar-refractivity contribution in [3.05, 3.63) is 0 Å². The molecule has 0 aliphatic rings. The molecule has 0 fully saturated rings. The molecule has 1 heterocycles. The fourth-order valence-electron chi connectivity index (χ4n) is 0.977. The highest BCUT2D eigenvalue weighted by molar-refractivity contribution is 5.78. The summed E-state index contributed by atoms with van der Waals surface area (Å²) in [4.78, 5) is 23.9. The lowest BCUT2D eigenvalue weighted by atomic mass is 10.5. The average molecular weight is 227 g/mol. The van der Waals surface area contributed by atoms with Crippen LogP contribution >= 0.6 is 0 Å². The highest BCUT2D eigenvalue weighted by atomic mass is 16.5. The smallest absolute Gasteiger partial charge is 0.322 e. The molecule has 9 nitrogen and oxygen atoms in total. The van der Waals surface area contributed by atoms with E-state index in [9.17, 15) is 4.79 Å². The van der Waals surface area contributed by atoms with Crippen LogP contribution in [0.25, 0.3) is 0 Å². The van der Waals surface area contributed by atoms with Crippen molar-refractivity contribution in [3.63, 3.8) is 0 Å². The van der Waals surface area contributed by atoms with E-state index >= 15 is 0 Å². The number of amides is 1. The molecule has 1 amide bonds. The van der Waals surface area contributed by atoms with Crippen LogP contribution in [0.4, 0.5) is 11.9 Å². The molecule has 5 N–H and O–H groups in total. The molecule has 0 saturated carbocycles. The van der Waals surface area contributed by atoms with Gasteiger partial charge in [0.15, 0.2) is 0 Å². The van der Waals surface area contributed by atoms with Gasteiger partial charge < -0.3 is 15.4 Å². The van der Waals surface area contributed by atoms with Gasteiger partial charge in [-0.25, -0.2) is 5.84 Å². The van der Waals surface area contributed by atoms with Crippen molar-refractivity contribution in [2.75, 3.05) is 31.0 Å². The third kappa shape index (κ3) is 2.92. The predicted molar refractivity (Wildman–Crippen MR) is 56.7 cm³/mol. The molecule has 0 aliphatic heterocycles. The van der Waals surface area contributed by atoms with Gasteiger partial charge in [0.05, 0.1) is 13.7 Å². The number of likely N-dealkylation sites (N-methyl/N-ethyl adjacent to an activating group) is 1. The third-order valence-electron chi connectivity index (χ3n) is 1.65. The number of hydrogen-bond acceptors (Lipinski definition) is 8. The Morgan fingerprint density at radius 3 is 2.69 bits per heavy atom. The van der Waals surface area contributed by atoms with Crippen molar-refractivity contribution in [2.24, 2.45) is 11.6 Å². The van der Waals surface area contributed by atoms with Gasteiger partial charge in [-0.3, -0.25) is 10.2 Å². The molecule has 0 spiro atoms. The number of rotatable bonds is 5. The van der Waals surface area contributed by atoms with Gasteiger partial charge in [0, 0.05) is 7.05 Å². The van der Waals surface area contributed by atoms with Crippen molar-refractivity contribution >= 4 is 17.8 Å². The Labute approximate surface area is 91.8 Å². The monoisotopic (exact) mass is 227 g/mol. The van der Waals surface area contributed by atoms with E-state index in [1.807, 2.05) is 0 Å². The molecule has 0 aliphatic carbocycles. The molecule has 0 atom stereocenters. The van der Waals surface area contributed by atoms with E-state index in [2.05, 4.69) is 20.4 Å². The number of nitrogens with one attached hydrogen (secondary N) is 1. The minimum atomic E-state index is -0.496. The Kier molecular flexibility index (Phi) is 3.78. The fraction of sp³-hybridized carbons (Fsp3) is 0.429. The minimum absolute atomic E-state index is 0.0167. The number of nitrogens with two attached hydrogens (primary N) is 2. The standard InChI is InChI=1S/C7H13N7O2/c1-14(3-4(8)15)6-10-5(13-9)11-7(12-6)16-2/h3,9H2,1-2H3,(H2,8,15)(H,10,11,12,13). The molecule has 9 heteroatoms. The van der Waals surface area contributed by atoms with Gasteiger partial charge in [0.2, 0.25) is 17.8 Å². The van der Waals surface area contributed by atoms with Crippen LogP contribution in [0.3, 0.4) is 0 Å². The summed E-state index contributed by atoms with van der Waals surface area (Å²) >= 11 is 0. The van der Waals surface area contributed by atoms with Crippen molar-refractivity contribution in [1.82, 2.24) is 15.0 Å². The van der Waals surface area contributed by atoms with E-state index in [1.54, 1.807) is 7.05 Å². The number of carbonyl (C=O) groups is 1. The van der Waals surface area contributed by atoms with Gasteiger partial charge in [-0.2, -0.15) is 15.0 Å². The number of anilines is 2. The number of carbonyl (C=O) groups excluding carboxylic acids is 1.